The fourth-order valence-electron chi connectivity index (χ4n) is 16.8. The Balaban J connectivity index is 0.000000180. The van der Waals surface area contributed by atoms with Gasteiger partial charge in [-0.15, -0.1) is 0 Å². The van der Waals surface area contributed by atoms with E-state index < -0.39 is 48.6 Å². The number of benzene rings is 4. The predicted molar refractivity (Wildman–Crippen MR) is 436 cm³/mol. The number of pyridine rings is 2. The Kier molecular flexibility index (Phi) is 24.6. The van der Waals surface area contributed by atoms with Crippen molar-refractivity contribution >= 4 is 81.4 Å². The van der Waals surface area contributed by atoms with Crippen molar-refractivity contribution in [1.82, 2.24) is 80.5 Å². The van der Waals surface area contributed by atoms with Gasteiger partial charge < -0.3 is 91.7 Å². The Morgan fingerprint density at radius 1 is 0.430 bits per heavy atom. The number of likely N-dealkylation sites (tertiary alicyclic amines) is 1. The molecule has 12 N–H and O–H groups in total. The number of anilines is 6. The number of aliphatic hydroxyl groups is 4. The smallest absolute Gasteiger partial charge is 0.317 e. The van der Waals surface area contributed by atoms with Crippen molar-refractivity contribution in [2.24, 2.45) is 0 Å². The highest BCUT2D eigenvalue weighted by Gasteiger charge is 2.46. The first kappa shape index (κ1) is 77.7. The number of imidazole rings is 2. The second-order valence-electron chi connectivity index (χ2n) is 30.5. The number of aromatic nitrogens is 10. The van der Waals surface area contributed by atoms with E-state index in [1.54, 1.807) is 48.0 Å². The largest absolute Gasteiger partial charge is 0.388 e. The maximum Gasteiger partial charge on any atom is 0.317 e. The zero-order chi connectivity index (χ0) is 78.6. The third-order valence-corrected chi connectivity index (χ3v) is 23.2. The Labute approximate surface area is 662 Å². The van der Waals surface area contributed by atoms with Crippen molar-refractivity contribution in [2.75, 3.05) is 96.1 Å². The van der Waals surface area contributed by atoms with Gasteiger partial charge in [0.15, 0.2) is 34.0 Å². The molecule has 6 aromatic heterocycles. The van der Waals surface area contributed by atoms with Crippen LogP contribution in [0.4, 0.5) is 44.8 Å². The number of fused-ring (bicyclic) bond motifs is 2. The highest BCUT2D eigenvalue weighted by Crippen LogP contribution is 2.39. The van der Waals surface area contributed by atoms with Crippen LogP contribution >= 0.6 is 0 Å². The summed E-state index contributed by atoms with van der Waals surface area (Å²) in [5.41, 5.74) is 6.64. The SMILES string of the molecule is CCC(=O)N[C@H]1C[C@@H](n2cnc3c(NCC(c4ccccc4)c4ccccc4)nc(N4CC[C@@H](NC(=O)NC5CCN(c6ccccn6)CC5)C4)nc32)[C@H](O)[C@@H]1O.CCC(=O)N[C@H]1C[C@@H](n2cnc3c(NCC(c4ccccc4)c4ccccc4)nc(N[C@@H]4CCN(C(=O)NC5CCN(c6ccccn6)CC5)C4)nc32)[C@H](O)[C@@H]1O. The highest BCUT2D eigenvalue weighted by atomic mass is 16.3. The lowest BCUT2D eigenvalue weighted by atomic mass is 9.91. The summed E-state index contributed by atoms with van der Waals surface area (Å²) in [7, 11) is 0. The lowest BCUT2D eigenvalue weighted by molar-refractivity contribution is -0.123. The zero-order valence-electron chi connectivity index (χ0n) is 64.2. The van der Waals surface area contributed by atoms with Crippen LogP contribution in [0, 0.1) is 0 Å². The molecule has 6 fully saturated rings. The molecule has 114 heavy (non-hydrogen) atoms. The monoisotopic (exact) mass is 1550 g/mol. The number of urea groups is 2. The molecule has 4 saturated heterocycles. The van der Waals surface area contributed by atoms with Crippen LogP contribution in [0.2, 0.25) is 0 Å². The second-order valence-corrected chi connectivity index (χ2v) is 30.5. The molecule has 0 spiro atoms. The van der Waals surface area contributed by atoms with Crippen LogP contribution in [0.1, 0.15) is 124 Å². The minimum Gasteiger partial charge on any atom is -0.388 e. The van der Waals surface area contributed by atoms with E-state index in [0.717, 1.165) is 85.8 Å². The minimum atomic E-state index is -1.16. The third-order valence-electron chi connectivity index (χ3n) is 23.2. The number of rotatable bonds is 24. The van der Waals surface area contributed by atoms with E-state index in [9.17, 15) is 39.6 Å². The maximum atomic E-state index is 13.4. The van der Waals surface area contributed by atoms with Crippen molar-refractivity contribution in [2.45, 2.75) is 163 Å². The average molecular weight is 1550 g/mol. The molecule has 6 amide bonds. The van der Waals surface area contributed by atoms with Crippen LogP contribution in [0.15, 0.2) is 183 Å². The minimum absolute atomic E-state index is 0.00907. The van der Waals surface area contributed by atoms with E-state index in [-0.39, 0.29) is 72.7 Å². The van der Waals surface area contributed by atoms with Gasteiger partial charge in [0.1, 0.15) is 36.1 Å². The lowest BCUT2D eigenvalue weighted by Crippen LogP contribution is -2.50. The standard InChI is InChI=1S/2C42H51N11O4/c1-2-35(54)48-32-23-33(38(56)37(32)55)53-26-45-36-39(44-24-31(27-11-5-3-6-12-27)28-13-7-4-8-14-28)49-41(50-40(36)53)46-30-18-22-52(25-30)42(57)47-29-16-20-51(21-17-29)34-15-9-10-19-43-34;1-2-35(54)48-32-23-33(38(56)37(32)55)53-26-45-36-39(44-24-31(27-11-5-3-6-12-27)28-13-7-4-8-14-28)49-41(50-40(36)53)52-22-18-30(25-52)47-42(57)46-29-16-20-51(21-17-29)34-15-9-10-19-43-34/h3-15,19,26,29-33,37-38,55-56H,2,16-18,20-25H2,1H3,(H,47,57)(H,48,54)(H2,44,46,49,50);3-15,19,26,29-33,37-38,55-56H,2,16-18,20-25H2,1H3,(H,48,54)(H,44,49,50)(H2,46,47,57)/t2*30-,32+,33-,37-,38+/m11/s1. The van der Waals surface area contributed by atoms with Gasteiger partial charge >= 0.3 is 12.1 Å². The Bertz CT molecular complexity index is 4750. The molecule has 30 heteroatoms. The van der Waals surface area contributed by atoms with E-state index in [0.29, 0.717) is 111 Å². The quantitative estimate of drug-likeness (QED) is 0.0279. The maximum absolute atomic E-state index is 13.4. The normalized spacial score (nSPS) is 22.6. The van der Waals surface area contributed by atoms with Gasteiger partial charge in [-0.05, 0) is 97.9 Å². The van der Waals surface area contributed by atoms with Crippen LogP contribution < -0.4 is 57.2 Å². The number of nitrogens with zero attached hydrogens (tertiary/aromatic N) is 14. The molecule has 4 aliphatic heterocycles. The molecule has 596 valence electrons. The molecule has 0 radical (unpaired) electrons. The number of carbonyl (C=O) groups excluding carboxylic acids is 4. The van der Waals surface area contributed by atoms with Gasteiger partial charge in [0.2, 0.25) is 23.7 Å². The van der Waals surface area contributed by atoms with Gasteiger partial charge in [0, 0.05) is 127 Å². The van der Waals surface area contributed by atoms with Gasteiger partial charge in [-0.3, -0.25) is 9.59 Å². The van der Waals surface area contributed by atoms with Crippen molar-refractivity contribution < 1.29 is 39.6 Å². The summed E-state index contributed by atoms with van der Waals surface area (Å²) in [6.07, 6.45) is 8.20. The van der Waals surface area contributed by atoms with Crippen LogP contribution in [-0.4, -0.2) is 224 Å². The second kappa shape index (κ2) is 36.0. The van der Waals surface area contributed by atoms with E-state index >= 15 is 0 Å². The van der Waals surface area contributed by atoms with Crippen molar-refractivity contribution in [3.8, 4) is 0 Å². The Morgan fingerprint density at radius 3 is 1.32 bits per heavy atom. The fraction of sp³-hybridized carbons (Fsp3) is 0.429. The van der Waals surface area contributed by atoms with E-state index in [4.69, 9.17) is 29.9 Å². The van der Waals surface area contributed by atoms with Gasteiger partial charge in [-0.2, -0.15) is 19.9 Å². The molecule has 0 unspecified atom stereocenters. The molecule has 30 nitrogen and oxygen atoms in total. The number of carbonyl (C=O) groups is 4. The Hall–Kier alpha value is -11.6. The van der Waals surface area contributed by atoms with E-state index in [1.165, 1.54) is 0 Å². The fourth-order valence-corrected chi connectivity index (χ4v) is 16.8. The summed E-state index contributed by atoms with van der Waals surface area (Å²) >= 11 is 0. The van der Waals surface area contributed by atoms with Crippen molar-refractivity contribution in [1.29, 1.82) is 0 Å². The molecule has 10 heterocycles. The van der Waals surface area contributed by atoms with Crippen LogP contribution in [0.3, 0.4) is 0 Å². The Morgan fingerprint density at radius 2 is 0.851 bits per heavy atom. The summed E-state index contributed by atoms with van der Waals surface area (Å²) in [6.45, 7) is 10.1. The summed E-state index contributed by atoms with van der Waals surface area (Å²) < 4.78 is 3.57. The van der Waals surface area contributed by atoms with Crippen LogP contribution in [-0.2, 0) is 9.59 Å². The number of piperidine rings is 2. The van der Waals surface area contributed by atoms with Crippen LogP contribution in [0.5, 0.6) is 0 Å². The number of aliphatic hydroxyl groups excluding tert-OH is 4. The number of hydrogen-bond acceptors (Lipinski definition) is 22. The first-order valence-electron chi connectivity index (χ1n) is 40.1. The van der Waals surface area contributed by atoms with Gasteiger partial charge in [-0.25, -0.2) is 29.5 Å². The van der Waals surface area contributed by atoms with Gasteiger partial charge in [-0.1, -0.05) is 147 Å². The molecule has 4 aromatic carbocycles. The molecule has 10 aromatic rings. The molecule has 0 bridgehead atoms. The molecular weight excluding hydrogens is 1450 g/mol. The number of hydrogen-bond donors (Lipinski definition) is 12. The van der Waals surface area contributed by atoms with Crippen molar-refractivity contribution in [3.63, 3.8) is 0 Å². The molecule has 2 saturated carbocycles. The molecule has 2 aliphatic carbocycles. The lowest BCUT2D eigenvalue weighted by Gasteiger charge is -2.33. The molecule has 10 atom stereocenters. The molecular formula is C84H102N22O8. The third kappa shape index (κ3) is 18.1. The summed E-state index contributed by atoms with van der Waals surface area (Å²) in [6, 6.07) is 50.4. The molecule has 16 rings (SSSR count). The van der Waals surface area contributed by atoms with Gasteiger partial charge in [0.25, 0.3) is 0 Å². The predicted octanol–water partition coefficient (Wildman–Crippen LogP) is 7.47. The molecule has 6 aliphatic rings. The summed E-state index contributed by atoms with van der Waals surface area (Å²) in [5, 5.41) is 70.4. The number of nitrogens with one attached hydrogen (secondary N) is 8. The first-order chi connectivity index (χ1) is 55.7. The zero-order valence-corrected chi connectivity index (χ0v) is 64.2. The highest BCUT2D eigenvalue weighted by molar-refractivity contribution is 5.86. The summed E-state index contributed by atoms with van der Waals surface area (Å²) in [4.78, 5) is 97.9. The van der Waals surface area contributed by atoms with E-state index in [1.807, 2.05) is 114 Å². The van der Waals surface area contributed by atoms with Gasteiger partial charge in [0.05, 0.1) is 36.8 Å². The topological polar surface area (TPSA) is 371 Å². The average Bonchev–Trinajstić information content (AvgIpc) is 1.62. The summed E-state index contributed by atoms with van der Waals surface area (Å²) in [5.74, 6) is 3.45. The van der Waals surface area contributed by atoms with E-state index in [2.05, 4.69) is 116 Å². The van der Waals surface area contributed by atoms with Crippen molar-refractivity contribution in [3.05, 3.63) is 205 Å². The van der Waals surface area contributed by atoms with Crippen LogP contribution in [0.25, 0.3) is 22.3 Å². The number of amides is 6. The first-order valence-corrected chi connectivity index (χ1v) is 40.1.